The lowest BCUT2D eigenvalue weighted by Crippen LogP contribution is -2.35. The third kappa shape index (κ3) is 7.53. The summed E-state index contributed by atoms with van der Waals surface area (Å²) in [6, 6.07) is 11.1. The van der Waals surface area contributed by atoms with Crippen molar-refractivity contribution < 1.29 is 4.79 Å². The number of amides is 1. The van der Waals surface area contributed by atoms with Gasteiger partial charge in [0.25, 0.3) is 0 Å². The molecule has 0 radical (unpaired) electrons. The van der Waals surface area contributed by atoms with Gasteiger partial charge in [-0.2, -0.15) is 0 Å². The minimum atomic E-state index is 0. The number of hydrogen-bond donors (Lipinski definition) is 2. The Labute approximate surface area is 163 Å². The molecule has 2 atom stereocenters. The molecule has 1 aromatic rings. The van der Waals surface area contributed by atoms with Gasteiger partial charge >= 0.3 is 0 Å². The predicted octanol–water partition coefficient (Wildman–Crippen LogP) is 2.65. The summed E-state index contributed by atoms with van der Waals surface area (Å²) in [7, 11) is 0. The van der Waals surface area contributed by atoms with E-state index in [-0.39, 0.29) is 30.7 Å². The van der Waals surface area contributed by atoms with Crippen LogP contribution in [-0.4, -0.2) is 49.6 Å². The summed E-state index contributed by atoms with van der Waals surface area (Å²) in [5.41, 5.74) is 1.41. The van der Waals surface area contributed by atoms with Gasteiger partial charge in [-0.15, -0.1) is 24.8 Å². The van der Waals surface area contributed by atoms with Gasteiger partial charge < -0.3 is 15.5 Å². The third-order valence-electron chi connectivity index (χ3n) is 5.11. The number of carbonyl (C=O) groups excluding carboxylic acids is 1. The minimum absolute atomic E-state index is 0. The van der Waals surface area contributed by atoms with Gasteiger partial charge in [0.1, 0.15) is 0 Å². The molecule has 3 rings (SSSR count). The zero-order valence-corrected chi connectivity index (χ0v) is 16.4. The lowest BCUT2D eigenvalue weighted by molar-refractivity contribution is -0.121. The average molecular weight is 388 g/mol. The van der Waals surface area contributed by atoms with Gasteiger partial charge in [0, 0.05) is 32.1 Å². The van der Waals surface area contributed by atoms with Gasteiger partial charge in [0.05, 0.1) is 0 Å². The Morgan fingerprint density at radius 1 is 1.20 bits per heavy atom. The van der Waals surface area contributed by atoms with Crippen LogP contribution in [0.4, 0.5) is 0 Å². The smallest absolute Gasteiger partial charge is 0.221 e. The van der Waals surface area contributed by atoms with Crippen molar-refractivity contribution in [3.8, 4) is 0 Å². The molecule has 2 heterocycles. The number of nitrogens with zero attached hydrogens (tertiary/aromatic N) is 1. The molecule has 0 bridgehead atoms. The first kappa shape index (κ1) is 22.2. The third-order valence-corrected chi connectivity index (χ3v) is 5.11. The topological polar surface area (TPSA) is 44.4 Å². The molecule has 2 aliphatic rings. The number of hydrogen-bond acceptors (Lipinski definition) is 3. The number of nitrogens with one attached hydrogen (secondary N) is 2. The Kier molecular flexibility index (Phi) is 10.4. The molecular weight excluding hydrogens is 357 g/mol. The summed E-state index contributed by atoms with van der Waals surface area (Å²) in [4.78, 5) is 14.5. The van der Waals surface area contributed by atoms with Gasteiger partial charge in [-0.25, -0.2) is 0 Å². The Balaban J connectivity index is 0.00000156. The zero-order valence-electron chi connectivity index (χ0n) is 14.8. The Hall–Kier alpha value is -0.810. The first-order valence-corrected chi connectivity index (χ1v) is 9.06. The second-order valence-corrected chi connectivity index (χ2v) is 6.99. The second kappa shape index (κ2) is 11.7. The van der Waals surface area contributed by atoms with Crippen molar-refractivity contribution in [2.24, 2.45) is 5.92 Å². The average Bonchev–Trinajstić information content (AvgIpc) is 3.24. The van der Waals surface area contributed by atoms with E-state index >= 15 is 0 Å². The van der Waals surface area contributed by atoms with Crippen molar-refractivity contribution in [1.29, 1.82) is 0 Å². The van der Waals surface area contributed by atoms with E-state index in [4.69, 9.17) is 0 Å². The van der Waals surface area contributed by atoms with E-state index in [1.165, 1.54) is 18.4 Å². The fourth-order valence-electron chi connectivity index (χ4n) is 3.70. The van der Waals surface area contributed by atoms with Crippen LogP contribution in [0.5, 0.6) is 0 Å². The molecular formula is C19H31Cl2N3O. The van der Waals surface area contributed by atoms with Crippen LogP contribution < -0.4 is 10.6 Å². The van der Waals surface area contributed by atoms with E-state index in [1.807, 2.05) is 0 Å². The fraction of sp³-hybridized carbons (Fsp3) is 0.632. The van der Waals surface area contributed by atoms with Crippen molar-refractivity contribution >= 4 is 30.7 Å². The van der Waals surface area contributed by atoms with E-state index in [2.05, 4.69) is 45.9 Å². The van der Waals surface area contributed by atoms with Crippen molar-refractivity contribution in [2.45, 2.75) is 38.1 Å². The van der Waals surface area contributed by atoms with Crippen molar-refractivity contribution in [2.75, 3.05) is 32.7 Å². The molecule has 2 unspecified atom stereocenters. The fourth-order valence-corrected chi connectivity index (χ4v) is 3.70. The van der Waals surface area contributed by atoms with E-state index in [0.29, 0.717) is 18.4 Å². The van der Waals surface area contributed by atoms with Crippen LogP contribution in [0.25, 0.3) is 0 Å². The lowest BCUT2D eigenvalue weighted by Gasteiger charge is -2.17. The van der Waals surface area contributed by atoms with Crippen LogP contribution in [0.15, 0.2) is 30.3 Å². The van der Waals surface area contributed by atoms with Crippen LogP contribution >= 0.6 is 24.8 Å². The Bertz CT molecular complexity index is 495. The summed E-state index contributed by atoms with van der Waals surface area (Å²) in [6.45, 7) is 5.32. The molecule has 0 aromatic heterocycles. The normalized spacial score (nSPS) is 22.9. The number of benzene rings is 1. The van der Waals surface area contributed by atoms with Crippen molar-refractivity contribution in [3.05, 3.63) is 35.9 Å². The highest BCUT2D eigenvalue weighted by Crippen LogP contribution is 2.16. The minimum Gasteiger partial charge on any atom is -0.356 e. The summed E-state index contributed by atoms with van der Waals surface area (Å²) in [5.74, 6) is 0.832. The lowest BCUT2D eigenvalue weighted by atomic mass is 10.1. The quantitative estimate of drug-likeness (QED) is 0.755. The monoisotopic (exact) mass is 387 g/mol. The molecule has 0 aliphatic carbocycles. The highest BCUT2D eigenvalue weighted by molar-refractivity contribution is 5.85. The molecule has 2 aliphatic heterocycles. The van der Waals surface area contributed by atoms with E-state index in [0.717, 1.165) is 45.6 Å². The van der Waals surface area contributed by atoms with Crippen LogP contribution in [0.1, 0.15) is 31.2 Å². The van der Waals surface area contributed by atoms with Crippen molar-refractivity contribution in [3.63, 3.8) is 0 Å². The first-order valence-electron chi connectivity index (χ1n) is 9.06. The van der Waals surface area contributed by atoms with Crippen molar-refractivity contribution in [1.82, 2.24) is 15.5 Å². The molecule has 1 aromatic carbocycles. The maximum Gasteiger partial charge on any atom is 0.221 e. The van der Waals surface area contributed by atoms with Gasteiger partial charge in [0.15, 0.2) is 0 Å². The standard InChI is InChI=1S/C19H29N3O.2ClH/c23-19(13-18-7-4-10-20-18)21-14-17-9-12-22(15-17)11-8-16-5-2-1-3-6-16;;/h1-3,5-6,17-18,20H,4,7-15H2,(H,21,23);2*1H. The molecule has 1 amide bonds. The first-order chi connectivity index (χ1) is 11.3. The van der Waals surface area contributed by atoms with E-state index in [9.17, 15) is 4.79 Å². The molecule has 142 valence electrons. The van der Waals surface area contributed by atoms with Crippen LogP contribution in [0.3, 0.4) is 0 Å². The van der Waals surface area contributed by atoms with Gasteiger partial charge in [-0.3, -0.25) is 4.79 Å². The molecule has 2 fully saturated rings. The highest BCUT2D eigenvalue weighted by atomic mass is 35.5. The van der Waals surface area contributed by atoms with Gasteiger partial charge in [-0.05, 0) is 50.3 Å². The molecule has 0 saturated carbocycles. The maximum absolute atomic E-state index is 12.0. The zero-order chi connectivity index (χ0) is 15.9. The van der Waals surface area contributed by atoms with E-state index in [1.54, 1.807) is 0 Å². The number of halogens is 2. The van der Waals surface area contributed by atoms with E-state index < -0.39 is 0 Å². The summed E-state index contributed by atoms with van der Waals surface area (Å²) in [5, 5.41) is 6.53. The summed E-state index contributed by atoms with van der Waals surface area (Å²) in [6.07, 6.45) is 5.31. The largest absolute Gasteiger partial charge is 0.356 e. The Morgan fingerprint density at radius 2 is 2.00 bits per heavy atom. The maximum atomic E-state index is 12.0. The number of rotatable bonds is 7. The second-order valence-electron chi connectivity index (χ2n) is 6.99. The van der Waals surface area contributed by atoms with Gasteiger partial charge in [0.2, 0.25) is 5.91 Å². The highest BCUT2D eigenvalue weighted by Gasteiger charge is 2.23. The predicted molar refractivity (Wildman–Crippen MR) is 108 cm³/mol. The molecule has 6 heteroatoms. The van der Waals surface area contributed by atoms with Crippen LogP contribution in [-0.2, 0) is 11.2 Å². The summed E-state index contributed by atoms with van der Waals surface area (Å²) >= 11 is 0. The molecule has 0 spiro atoms. The number of likely N-dealkylation sites (tertiary alicyclic amines) is 1. The SMILES string of the molecule is Cl.Cl.O=C(CC1CCCN1)NCC1CCN(CCc2ccccc2)C1. The summed E-state index contributed by atoms with van der Waals surface area (Å²) < 4.78 is 0. The van der Waals surface area contributed by atoms with Crippen LogP contribution in [0.2, 0.25) is 0 Å². The van der Waals surface area contributed by atoms with Crippen LogP contribution in [0, 0.1) is 5.92 Å². The van der Waals surface area contributed by atoms with Gasteiger partial charge in [-0.1, -0.05) is 30.3 Å². The Morgan fingerprint density at radius 3 is 2.72 bits per heavy atom. The molecule has 2 saturated heterocycles. The molecule has 2 N–H and O–H groups in total. The molecule has 25 heavy (non-hydrogen) atoms. The number of carbonyl (C=O) groups is 1. The molecule has 4 nitrogen and oxygen atoms in total.